The van der Waals surface area contributed by atoms with E-state index in [1.165, 1.54) is 11.5 Å². The predicted octanol–water partition coefficient (Wildman–Crippen LogP) is 2.45. The Hall–Kier alpha value is -3.12. The zero-order valence-electron chi connectivity index (χ0n) is 17.5. The third-order valence-corrected chi connectivity index (χ3v) is 6.27. The summed E-state index contributed by atoms with van der Waals surface area (Å²) in [7, 11) is -1.73. The van der Waals surface area contributed by atoms with Crippen LogP contribution in [0.4, 0.5) is 13.2 Å². The third-order valence-electron chi connectivity index (χ3n) is 4.77. The molecular weight excluding hydrogens is 449 g/mol. The van der Waals surface area contributed by atoms with Gasteiger partial charge in [-0.05, 0) is 63.0 Å². The van der Waals surface area contributed by atoms with E-state index >= 15 is 0 Å². The van der Waals surface area contributed by atoms with Crippen LogP contribution in [-0.4, -0.2) is 52.1 Å². The maximum atomic E-state index is 13.0. The lowest BCUT2D eigenvalue weighted by atomic mass is 10.2. The molecule has 1 N–H and O–H groups in total. The normalized spacial score (nSPS) is 12.5. The minimum atomic E-state index is -5.52. The van der Waals surface area contributed by atoms with E-state index in [1.807, 2.05) is 25.1 Å². The van der Waals surface area contributed by atoms with Crippen molar-refractivity contribution in [2.45, 2.75) is 30.4 Å². The lowest BCUT2D eigenvalue weighted by molar-refractivity contribution is -0.0436. The fourth-order valence-corrected chi connectivity index (χ4v) is 3.95. The van der Waals surface area contributed by atoms with Gasteiger partial charge in [-0.1, -0.05) is 0 Å². The number of benzene rings is 1. The molecule has 12 heteroatoms. The Kier molecular flexibility index (Phi) is 6.20. The highest BCUT2D eigenvalue weighted by Crippen LogP contribution is 2.31. The first-order valence-corrected chi connectivity index (χ1v) is 10.8. The first-order chi connectivity index (χ1) is 14.8. The van der Waals surface area contributed by atoms with Crippen molar-refractivity contribution < 1.29 is 26.7 Å². The molecule has 172 valence electrons. The molecule has 8 nitrogen and oxygen atoms in total. The van der Waals surface area contributed by atoms with Crippen molar-refractivity contribution in [3.8, 4) is 11.6 Å². The average molecular weight is 470 g/mol. The number of aromatic nitrogens is 3. The van der Waals surface area contributed by atoms with Crippen LogP contribution in [-0.2, 0) is 22.9 Å². The Morgan fingerprint density at radius 2 is 1.75 bits per heavy atom. The quantitative estimate of drug-likeness (QED) is 0.595. The van der Waals surface area contributed by atoms with E-state index < -0.39 is 31.8 Å². The molecule has 0 saturated carbocycles. The molecule has 0 amide bonds. The highest BCUT2D eigenvalue weighted by atomic mass is 32.2. The number of imidazole rings is 1. The molecule has 1 aromatic carbocycles. The molecule has 2 aromatic heterocycles. The largest absolute Gasteiger partial charge is 0.501 e. The molecule has 0 radical (unpaired) electrons. The minimum absolute atomic E-state index is 0.0264. The number of sulfone groups is 1. The van der Waals surface area contributed by atoms with Crippen LogP contribution in [0.15, 0.2) is 52.3 Å². The van der Waals surface area contributed by atoms with Gasteiger partial charge in [-0.25, -0.2) is 17.8 Å². The van der Waals surface area contributed by atoms with Gasteiger partial charge >= 0.3 is 11.2 Å². The topological polar surface area (TPSA) is 97.4 Å². The third kappa shape index (κ3) is 4.41. The van der Waals surface area contributed by atoms with Crippen molar-refractivity contribution in [1.29, 1.82) is 0 Å². The Morgan fingerprint density at radius 1 is 1.12 bits per heavy atom. The molecule has 2 heterocycles. The fraction of sp³-hybridized carbons (Fsp3) is 0.300. The van der Waals surface area contributed by atoms with E-state index in [0.717, 1.165) is 40.1 Å². The summed E-state index contributed by atoms with van der Waals surface area (Å²) in [6.07, 6.45) is 1.62. The van der Waals surface area contributed by atoms with Crippen LogP contribution in [0.2, 0.25) is 0 Å². The van der Waals surface area contributed by atoms with E-state index in [0.29, 0.717) is 6.54 Å². The fourth-order valence-electron chi connectivity index (χ4n) is 3.18. The minimum Gasteiger partial charge on any atom is -0.493 e. The number of rotatable bonds is 6. The van der Waals surface area contributed by atoms with E-state index in [1.54, 1.807) is 12.3 Å². The van der Waals surface area contributed by atoms with Crippen LogP contribution in [0, 0.1) is 6.92 Å². The van der Waals surface area contributed by atoms with Gasteiger partial charge in [0.05, 0.1) is 28.5 Å². The average Bonchev–Trinajstić information content (AvgIpc) is 2.90. The number of alkyl halides is 3. The van der Waals surface area contributed by atoms with E-state index in [9.17, 15) is 31.5 Å². The highest BCUT2D eigenvalue weighted by molar-refractivity contribution is 7.92. The van der Waals surface area contributed by atoms with Gasteiger partial charge < -0.3 is 10.0 Å². The van der Waals surface area contributed by atoms with E-state index in [4.69, 9.17) is 0 Å². The van der Waals surface area contributed by atoms with Gasteiger partial charge in [-0.3, -0.25) is 9.55 Å². The van der Waals surface area contributed by atoms with Gasteiger partial charge in [0.1, 0.15) is 0 Å². The zero-order chi connectivity index (χ0) is 23.8. The number of hydrogen-bond donors (Lipinski definition) is 1. The standard InChI is InChI=1S/C20H21F3N4O4S/c1-13-18(28)27(16-4-6-17(7-5-16)32(30,31)20(21,22)23)19(29)26(13)11-14-8-9-24-15(10-14)12-25(2)3/h4-10,28H,11-12H2,1-3H3. The van der Waals surface area contributed by atoms with Crippen molar-refractivity contribution in [2.24, 2.45) is 0 Å². The number of pyridine rings is 1. The summed E-state index contributed by atoms with van der Waals surface area (Å²) in [5, 5.41) is 10.5. The summed E-state index contributed by atoms with van der Waals surface area (Å²) < 4.78 is 63.5. The van der Waals surface area contributed by atoms with Gasteiger partial charge in [0.15, 0.2) is 0 Å². The SMILES string of the molecule is Cc1c(O)n(-c2ccc(S(=O)(=O)C(F)(F)F)cc2)c(=O)n1Cc1ccnc(CN(C)C)c1. The molecule has 0 spiro atoms. The van der Waals surface area contributed by atoms with E-state index in [-0.39, 0.29) is 17.9 Å². The summed E-state index contributed by atoms with van der Waals surface area (Å²) >= 11 is 0. The monoisotopic (exact) mass is 470 g/mol. The number of hydrogen-bond acceptors (Lipinski definition) is 6. The van der Waals surface area contributed by atoms with Crippen molar-refractivity contribution in [3.05, 3.63) is 70.0 Å². The Bertz CT molecular complexity index is 1290. The van der Waals surface area contributed by atoms with Crippen molar-refractivity contribution in [1.82, 2.24) is 19.0 Å². The van der Waals surface area contributed by atoms with Crippen LogP contribution >= 0.6 is 0 Å². The number of aromatic hydroxyl groups is 1. The van der Waals surface area contributed by atoms with Gasteiger partial charge in [0.2, 0.25) is 5.88 Å². The maximum Gasteiger partial charge on any atom is 0.501 e. The molecule has 0 aliphatic heterocycles. The highest BCUT2D eigenvalue weighted by Gasteiger charge is 2.46. The van der Waals surface area contributed by atoms with Crippen LogP contribution in [0.5, 0.6) is 5.88 Å². The molecule has 0 aliphatic carbocycles. The van der Waals surface area contributed by atoms with E-state index in [2.05, 4.69) is 4.98 Å². The molecule has 0 fully saturated rings. The lowest BCUT2D eigenvalue weighted by Gasteiger charge is -2.10. The van der Waals surface area contributed by atoms with Crippen molar-refractivity contribution in [2.75, 3.05) is 14.1 Å². The van der Waals surface area contributed by atoms with Crippen LogP contribution < -0.4 is 5.69 Å². The second-order valence-electron chi connectivity index (χ2n) is 7.45. The van der Waals surface area contributed by atoms with Crippen molar-refractivity contribution in [3.63, 3.8) is 0 Å². The summed E-state index contributed by atoms with van der Waals surface area (Å²) in [5.74, 6) is -0.399. The second-order valence-corrected chi connectivity index (χ2v) is 9.39. The second kappa shape index (κ2) is 8.43. The lowest BCUT2D eigenvalue weighted by Crippen LogP contribution is -2.25. The van der Waals surface area contributed by atoms with Crippen molar-refractivity contribution >= 4 is 9.84 Å². The molecule has 0 unspecified atom stereocenters. The number of nitrogens with zero attached hydrogens (tertiary/aromatic N) is 4. The molecule has 0 aliphatic rings. The van der Waals surface area contributed by atoms with Crippen LogP contribution in [0.3, 0.4) is 0 Å². The predicted molar refractivity (Wildman–Crippen MR) is 110 cm³/mol. The summed E-state index contributed by atoms with van der Waals surface area (Å²) in [4.78, 5) is 18.2. The first-order valence-electron chi connectivity index (χ1n) is 9.34. The summed E-state index contributed by atoms with van der Waals surface area (Å²) in [6, 6.07) is 7.11. The van der Waals surface area contributed by atoms with Crippen LogP contribution in [0.25, 0.3) is 5.69 Å². The van der Waals surface area contributed by atoms with Gasteiger partial charge in [-0.2, -0.15) is 13.2 Å². The summed E-state index contributed by atoms with van der Waals surface area (Å²) in [5.41, 5.74) is -4.23. The molecule has 0 saturated heterocycles. The Morgan fingerprint density at radius 3 is 2.31 bits per heavy atom. The Balaban J connectivity index is 1.98. The van der Waals surface area contributed by atoms with Gasteiger partial charge in [-0.15, -0.1) is 0 Å². The molecule has 0 bridgehead atoms. The molecule has 0 atom stereocenters. The summed E-state index contributed by atoms with van der Waals surface area (Å²) in [6.45, 7) is 2.26. The molecule has 32 heavy (non-hydrogen) atoms. The Labute approximate surface area is 182 Å². The number of halogens is 3. The van der Waals surface area contributed by atoms with Crippen LogP contribution in [0.1, 0.15) is 17.0 Å². The zero-order valence-corrected chi connectivity index (χ0v) is 18.3. The smallest absolute Gasteiger partial charge is 0.493 e. The van der Waals surface area contributed by atoms with Gasteiger partial charge in [0.25, 0.3) is 9.84 Å². The van der Waals surface area contributed by atoms with Gasteiger partial charge in [0, 0.05) is 12.7 Å². The first kappa shape index (κ1) is 23.5. The maximum absolute atomic E-state index is 13.0. The molecular formula is C20H21F3N4O4S. The molecule has 3 rings (SSSR count). The molecule has 3 aromatic rings.